The van der Waals surface area contributed by atoms with Crippen molar-refractivity contribution >= 4 is 78.0 Å². The predicted molar refractivity (Wildman–Crippen MR) is 325 cm³/mol. The van der Waals surface area contributed by atoms with Crippen LogP contribution >= 0.6 is 11.3 Å². The first kappa shape index (κ1) is 47.6. The molecule has 0 fully saturated rings. The molecule has 0 atom stereocenters. The number of rotatable bonds is 3. The molecule has 0 N–H and O–H groups in total. The Morgan fingerprint density at radius 1 is 0.387 bits per heavy atom. The molecular formula is C71H75BN2S. The van der Waals surface area contributed by atoms with Crippen molar-refractivity contribution in [3.63, 3.8) is 0 Å². The molecule has 3 heterocycles. The fourth-order valence-corrected chi connectivity index (χ4v) is 16.9. The molecule has 378 valence electrons. The van der Waals surface area contributed by atoms with E-state index in [1.165, 1.54) is 159 Å². The number of fused-ring (bicyclic) bond motifs is 12. The van der Waals surface area contributed by atoms with Gasteiger partial charge in [0.15, 0.2) is 0 Å². The van der Waals surface area contributed by atoms with Crippen LogP contribution in [-0.4, -0.2) is 6.71 Å². The third-order valence-electron chi connectivity index (χ3n) is 20.7. The minimum absolute atomic E-state index is 0.00321. The van der Waals surface area contributed by atoms with E-state index in [-0.39, 0.29) is 44.6 Å². The molecule has 0 radical (unpaired) electrons. The van der Waals surface area contributed by atoms with Crippen LogP contribution in [0.5, 0.6) is 0 Å². The number of benzene rings is 7. The number of nitrogens with zero attached hydrogens (tertiary/aromatic N) is 2. The van der Waals surface area contributed by atoms with Gasteiger partial charge < -0.3 is 9.80 Å². The minimum atomic E-state index is -0.145. The summed E-state index contributed by atoms with van der Waals surface area (Å²) >= 11 is 2.05. The van der Waals surface area contributed by atoms with Crippen molar-refractivity contribution in [1.29, 1.82) is 0 Å². The zero-order valence-corrected chi connectivity index (χ0v) is 48.1. The molecule has 4 aliphatic carbocycles. The molecule has 0 saturated carbocycles. The molecule has 2 nitrogen and oxygen atoms in total. The summed E-state index contributed by atoms with van der Waals surface area (Å²) in [5.74, 6) is 0. The lowest BCUT2D eigenvalue weighted by Gasteiger charge is -2.47. The van der Waals surface area contributed by atoms with Gasteiger partial charge in [-0.25, -0.2) is 0 Å². The molecule has 0 unspecified atom stereocenters. The van der Waals surface area contributed by atoms with Crippen LogP contribution < -0.4 is 26.2 Å². The molecule has 0 bridgehead atoms. The number of thiophene rings is 1. The second-order valence-corrected chi connectivity index (χ2v) is 29.5. The highest BCUT2D eigenvalue weighted by Gasteiger charge is 2.50. The van der Waals surface area contributed by atoms with E-state index in [2.05, 4.69) is 234 Å². The molecule has 0 spiro atoms. The molecule has 4 heteroatoms. The van der Waals surface area contributed by atoms with Crippen molar-refractivity contribution in [2.75, 3.05) is 9.80 Å². The van der Waals surface area contributed by atoms with Gasteiger partial charge in [0.25, 0.3) is 6.71 Å². The van der Waals surface area contributed by atoms with Crippen LogP contribution in [0.15, 0.2) is 127 Å². The van der Waals surface area contributed by atoms with Crippen LogP contribution in [0, 0.1) is 0 Å². The van der Waals surface area contributed by atoms with Crippen LogP contribution in [0.25, 0.3) is 32.3 Å². The third-order valence-corrected chi connectivity index (χ3v) is 21.8. The Hall–Kier alpha value is -5.84. The summed E-state index contributed by atoms with van der Waals surface area (Å²) < 4.78 is 1.41. The lowest BCUT2D eigenvalue weighted by atomic mass is 9.33. The monoisotopic (exact) mass is 999 g/mol. The van der Waals surface area contributed by atoms with E-state index in [0.717, 1.165) is 6.42 Å². The molecule has 6 aliphatic rings. The van der Waals surface area contributed by atoms with E-state index in [9.17, 15) is 0 Å². The Balaban J connectivity index is 1.17. The molecule has 14 rings (SSSR count). The summed E-state index contributed by atoms with van der Waals surface area (Å²) in [5.41, 5.74) is 28.2. The second-order valence-electron chi connectivity index (χ2n) is 28.5. The van der Waals surface area contributed by atoms with Crippen LogP contribution in [0.4, 0.5) is 33.4 Å². The summed E-state index contributed by atoms with van der Waals surface area (Å²) in [4.78, 5) is 5.53. The summed E-state index contributed by atoms with van der Waals surface area (Å²) in [6, 6.07) is 51.4. The summed E-state index contributed by atoms with van der Waals surface area (Å²) in [6.45, 7) is 34.8. The fraction of sp³-hybridized carbons (Fsp3) is 0.380. The number of hydrogen-bond donors (Lipinski definition) is 0. The highest BCUT2D eigenvalue weighted by atomic mass is 32.1. The average Bonchev–Trinajstić information content (AvgIpc) is 3.96. The Morgan fingerprint density at radius 2 is 0.920 bits per heavy atom. The van der Waals surface area contributed by atoms with Crippen molar-refractivity contribution in [2.24, 2.45) is 0 Å². The summed E-state index contributed by atoms with van der Waals surface area (Å²) in [7, 11) is 0. The topological polar surface area (TPSA) is 6.48 Å². The van der Waals surface area contributed by atoms with Crippen molar-refractivity contribution in [1.82, 2.24) is 0 Å². The first-order valence-electron chi connectivity index (χ1n) is 28.4. The number of hydrogen-bond acceptors (Lipinski definition) is 3. The largest absolute Gasteiger partial charge is 0.311 e. The van der Waals surface area contributed by atoms with Gasteiger partial charge >= 0.3 is 0 Å². The molecule has 75 heavy (non-hydrogen) atoms. The standard InChI is InChI=1S/C71H75BN2S/c1-65(2)29-30-66(3,4)50-37-44(27-28-48(50)65)73-58-35-43(42-21-16-15-17-22-42)36-59-63(58)72(62-46-38-51-54(41-60(46)75-64(62)73)70(11,12)34-31-67(51,5)6)55-39-52-53(69(9,10)33-32-68(52,7)8)40-57(55)74(59)56-26-20-25-49-61(56)45-23-18-19-24-47(45)71(49,13)14/h15-28,35-41H,29-34H2,1-14H3. The SMILES string of the molecule is CC1(C)CCC(C)(C)c2cc(N3c4cc(-c5ccccc5)cc5c4B(c4cc6c(cc4N5c4cccc5c4-c4ccccc4C5(C)C)C(C)(C)CCC6(C)C)c4c3sc3cc5c(cc43)C(C)(C)CCC5(C)C)ccc21. The van der Waals surface area contributed by atoms with Gasteiger partial charge in [-0.15, -0.1) is 11.3 Å². The maximum Gasteiger partial charge on any atom is 0.254 e. The summed E-state index contributed by atoms with van der Waals surface area (Å²) in [6.07, 6.45) is 7.09. The Morgan fingerprint density at radius 3 is 1.57 bits per heavy atom. The van der Waals surface area contributed by atoms with Gasteiger partial charge in [0.2, 0.25) is 0 Å². The molecule has 1 aromatic heterocycles. The second kappa shape index (κ2) is 15.2. The molecule has 2 aliphatic heterocycles. The normalized spacial score (nSPS) is 20.7. The smallest absolute Gasteiger partial charge is 0.254 e. The van der Waals surface area contributed by atoms with E-state index in [4.69, 9.17) is 0 Å². The van der Waals surface area contributed by atoms with Gasteiger partial charge in [0, 0.05) is 38.4 Å². The maximum atomic E-state index is 2.77. The van der Waals surface area contributed by atoms with Crippen LogP contribution in [0.2, 0.25) is 0 Å². The van der Waals surface area contributed by atoms with Gasteiger partial charge in [-0.3, -0.25) is 0 Å². The summed E-state index contributed by atoms with van der Waals surface area (Å²) in [5, 5.41) is 2.81. The van der Waals surface area contributed by atoms with Gasteiger partial charge in [-0.05, 0) is 203 Å². The van der Waals surface area contributed by atoms with E-state index in [1.54, 1.807) is 0 Å². The Kier molecular flexibility index (Phi) is 9.66. The zero-order valence-electron chi connectivity index (χ0n) is 47.2. The lowest BCUT2D eigenvalue weighted by Crippen LogP contribution is -2.61. The first-order chi connectivity index (χ1) is 35.4. The van der Waals surface area contributed by atoms with E-state index >= 15 is 0 Å². The van der Waals surface area contributed by atoms with Crippen molar-refractivity contribution in [3.8, 4) is 22.3 Å². The lowest BCUT2D eigenvalue weighted by molar-refractivity contribution is 0.332. The number of anilines is 6. The van der Waals surface area contributed by atoms with Crippen LogP contribution in [0.1, 0.15) is 180 Å². The van der Waals surface area contributed by atoms with Crippen molar-refractivity contribution in [3.05, 3.63) is 172 Å². The molecule has 0 saturated heterocycles. The third kappa shape index (κ3) is 6.57. The maximum absolute atomic E-state index is 2.77. The van der Waals surface area contributed by atoms with E-state index in [1.807, 2.05) is 11.3 Å². The zero-order chi connectivity index (χ0) is 52.3. The van der Waals surface area contributed by atoms with Crippen molar-refractivity contribution < 1.29 is 0 Å². The van der Waals surface area contributed by atoms with Gasteiger partial charge in [-0.2, -0.15) is 0 Å². The fourth-order valence-electron chi connectivity index (χ4n) is 15.6. The first-order valence-corrected chi connectivity index (χ1v) is 29.2. The highest BCUT2D eigenvalue weighted by Crippen LogP contribution is 2.59. The van der Waals surface area contributed by atoms with Gasteiger partial charge in [0.05, 0.1) is 10.7 Å². The average molecular weight is 999 g/mol. The molecular weight excluding hydrogens is 924 g/mol. The van der Waals surface area contributed by atoms with Gasteiger partial charge in [0.1, 0.15) is 0 Å². The Labute approximate surface area is 452 Å². The van der Waals surface area contributed by atoms with E-state index < -0.39 is 0 Å². The van der Waals surface area contributed by atoms with Crippen LogP contribution in [-0.2, 0) is 37.9 Å². The predicted octanol–water partition coefficient (Wildman–Crippen LogP) is 18.0. The van der Waals surface area contributed by atoms with Crippen LogP contribution in [0.3, 0.4) is 0 Å². The molecule has 8 aromatic rings. The minimum Gasteiger partial charge on any atom is -0.311 e. The quantitative estimate of drug-likeness (QED) is 0.163. The van der Waals surface area contributed by atoms with Gasteiger partial charge in [-0.1, -0.05) is 176 Å². The molecule has 7 aromatic carbocycles. The Bertz CT molecular complexity index is 3780. The van der Waals surface area contributed by atoms with E-state index in [0.29, 0.717) is 0 Å². The molecule has 0 amide bonds. The highest BCUT2D eigenvalue weighted by molar-refractivity contribution is 7.26. The van der Waals surface area contributed by atoms with Crippen molar-refractivity contribution in [2.45, 2.75) is 173 Å².